The van der Waals surface area contributed by atoms with Gasteiger partial charge in [-0.05, 0) is 36.4 Å². The molecule has 0 unspecified atom stereocenters. The van der Waals surface area contributed by atoms with Crippen molar-refractivity contribution >= 4 is 0 Å². The quantitative estimate of drug-likeness (QED) is 0.821. The van der Waals surface area contributed by atoms with Gasteiger partial charge in [0.1, 0.15) is 5.82 Å². The molecule has 0 N–H and O–H groups in total. The third-order valence-corrected chi connectivity index (χ3v) is 4.74. The number of rotatable bonds is 6. The lowest BCUT2D eigenvalue weighted by molar-refractivity contribution is 0.165. The summed E-state index contributed by atoms with van der Waals surface area (Å²) < 4.78 is 7.32. The Balaban J connectivity index is 1.55. The fourth-order valence-electron chi connectivity index (χ4n) is 3.48. The molecule has 4 heteroatoms. The molecule has 4 nitrogen and oxygen atoms in total. The van der Waals surface area contributed by atoms with E-state index in [0.717, 1.165) is 18.9 Å². The molecule has 0 spiro atoms. The molecule has 1 aliphatic heterocycles. The average molecular weight is 313 g/mol. The number of likely N-dealkylation sites (tertiary alicyclic amines) is 1. The van der Waals surface area contributed by atoms with Gasteiger partial charge in [-0.3, -0.25) is 4.90 Å². The fraction of sp³-hybridized carbons (Fsp3) is 0.526. The first-order chi connectivity index (χ1) is 11.2. The molecule has 2 aromatic rings. The summed E-state index contributed by atoms with van der Waals surface area (Å²) in [4.78, 5) is 7.06. The number of nitrogens with zero attached hydrogens (tertiary/aromatic N) is 3. The number of aryl methyl sites for hydroxylation is 1. The van der Waals surface area contributed by atoms with Crippen LogP contribution in [0.25, 0.3) is 0 Å². The Morgan fingerprint density at radius 3 is 2.70 bits per heavy atom. The van der Waals surface area contributed by atoms with Crippen molar-refractivity contribution in [1.82, 2.24) is 14.5 Å². The Morgan fingerprint density at radius 2 is 2.00 bits per heavy atom. The number of benzene rings is 1. The molecule has 3 rings (SSSR count). The van der Waals surface area contributed by atoms with Crippen LogP contribution in [0.3, 0.4) is 0 Å². The van der Waals surface area contributed by atoms with Crippen molar-refractivity contribution in [1.29, 1.82) is 0 Å². The summed E-state index contributed by atoms with van der Waals surface area (Å²) in [7, 11) is 3.83. The monoisotopic (exact) mass is 313 g/mol. The highest BCUT2D eigenvalue weighted by atomic mass is 16.5. The van der Waals surface area contributed by atoms with Crippen LogP contribution in [0, 0.1) is 5.92 Å². The van der Waals surface area contributed by atoms with Crippen LogP contribution >= 0.6 is 0 Å². The molecule has 0 bridgehead atoms. The van der Waals surface area contributed by atoms with E-state index in [1.54, 1.807) is 7.11 Å². The normalized spacial score (nSPS) is 19.1. The van der Waals surface area contributed by atoms with Gasteiger partial charge in [-0.2, -0.15) is 0 Å². The van der Waals surface area contributed by atoms with E-state index in [1.807, 2.05) is 12.4 Å². The standard InChI is InChI=1S/C19H27N3O/c1-21-11-9-20-19(21)12-18-4-3-10-22(14-18)13-16-5-7-17(8-6-16)15-23-2/h5-9,11,18H,3-4,10,12-15H2,1-2H3/t18-/m1/s1. The van der Waals surface area contributed by atoms with Gasteiger partial charge in [0.15, 0.2) is 0 Å². The maximum atomic E-state index is 5.17. The molecule has 1 aromatic heterocycles. The van der Waals surface area contributed by atoms with Crippen molar-refractivity contribution in [3.63, 3.8) is 0 Å². The molecular formula is C19H27N3O. The highest BCUT2D eigenvalue weighted by molar-refractivity contribution is 5.22. The molecule has 1 fully saturated rings. The average Bonchev–Trinajstić information content (AvgIpc) is 2.95. The summed E-state index contributed by atoms with van der Waals surface area (Å²) in [5.41, 5.74) is 2.63. The van der Waals surface area contributed by atoms with E-state index in [2.05, 4.69) is 45.8 Å². The maximum absolute atomic E-state index is 5.17. The van der Waals surface area contributed by atoms with E-state index in [9.17, 15) is 0 Å². The summed E-state index contributed by atoms with van der Waals surface area (Å²) in [5.74, 6) is 1.93. The topological polar surface area (TPSA) is 30.3 Å². The minimum absolute atomic E-state index is 0.690. The van der Waals surface area contributed by atoms with Crippen molar-refractivity contribution in [2.24, 2.45) is 13.0 Å². The van der Waals surface area contributed by atoms with Crippen LogP contribution in [-0.4, -0.2) is 34.7 Å². The molecule has 124 valence electrons. The predicted octanol–water partition coefficient (Wildman–Crippen LogP) is 3.02. The number of ether oxygens (including phenoxy) is 1. The second-order valence-corrected chi connectivity index (χ2v) is 6.65. The van der Waals surface area contributed by atoms with E-state index in [1.165, 1.54) is 42.9 Å². The van der Waals surface area contributed by atoms with Gasteiger partial charge in [0.2, 0.25) is 0 Å². The van der Waals surface area contributed by atoms with E-state index in [4.69, 9.17) is 4.74 Å². The molecule has 0 saturated carbocycles. The van der Waals surface area contributed by atoms with Gasteiger partial charge in [0.25, 0.3) is 0 Å². The van der Waals surface area contributed by atoms with Crippen LogP contribution in [0.5, 0.6) is 0 Å². The number of hydrogen-bond donors (Lipinski definition) is 0. The minimum atomic E-state index is 0.690. The molecule has 0 aliphatic carbocycles. The largest absolute Gasteiger partial charge is 0.380 e. The third-order valence-electron chi connectivity index (χ3n) is 4.74. The molecule has 0 amide bonds. The number of aromatic nitrogens is 2. The first-order valence-electron chi connectivity index (χ1n) is 8.50. The van der Waals surface area contributed by atoms with Gasteiger partial charge in [0.05, 0.1) is 6.61 Å². The zero-order chi connectivity index (χ0) is 16.1. The van der Waals surface area contributed by atoms with Crippen molar-refractivity contribution in [2.75, 3.05) is 20.2 Å². The van der Waals surface area contributed by atoms with Gasteiger partial charge in [-0.15, -0.1) is 0 Å². The summed E-state index contributed by atoms with van der Waals surface area (Å²) >= 11 is 0. The number of imidazole rings is 1. The number of methoxy groups -OCH3 is 1. The van der Waals surface area contributed by atoms with Crippen molar-refractivity contribution < 1.29 is 4.74 Å². The predicted molar refractivity (Wildman–Crippen MR) is 92.1 cm³/mol. The molecule has 1 saturated heterocycles. The first-order valence-corrected chi connectivity index (χ1v) is 8.50. The zero-order valence-electron chi connectivity index (χ0n) is 14.2. The van der Waals surface area contributed by atoms with Crippen LogP contribution in [0.1, 0.15) is 29.8 Å². The Kier molecular flexibility index (Phi) is 5.47. The molecule has 0 radical (unpaired) electrons. The second-order valence-electron chi connectivity index (χ2n) is 6.65. The summed E-state index contributed by atoms with van der Waals surface area (Å²) in [6.07, 6.45) is 7.63. The SMILES string of the molecule is COCc1ccc(CN2CCC[C@H](Cc3nccn3C)C2)cc1. The summed E-state index contributed by atoms with van der Waals surface area (Å²) in [6, 6.07) is 8.82. The summed E-state index contributed by atoms with van der Waals surface area (Å²) in [6.45, 7) is 4.11. The van der Waals surface area contributed by atoms with Gasteiger partial charge >= 0.3 is 0 Å². The minimum Gasteiger partial charge on any atom is -0.380 e. The van der Waals surface area contributed by atoms with E-state index < -0.39 is 0 Å². The summed E-state index contributed by atoms with van der Waals surface area (Å²) in [5, 5.41) is 0. The van der Waals surface area contributed by atoms with Crippen LogP contribution in [-0.2, 0) is 31.4 Å². The molecule has 1 aliphatic rings. The van der Waals surface area contributed by atoms with Gasteiger partial charge in [-0.1, -0.05) is 24.3 Å². The third kappa shape index (κ3) is 4.43. The second kappa shape index (κ2) is 7.75. The Hall–Kier alpha value is -1.65. The fourth-order valence-corrected chi connectivity index (χ4v) is 3.48. The van der Waals surface area contributed by atoms with Crippen molar-refractivity contribution in [2.45, 2.75) is 32.4 Å². The zero-order valence-corrected chi connectivity index (χ0v) is 14.2. The van der Waals surface area contributed by atoms with Gasteiger partial charge in [-0.25, -0.2) is 4.98 Å². The smallest absolute Gasteiger partial charge is 0.108 e. The first kappa shape index (κ1) is 16.2. The van der Waals surface area contributed by atoms with Crippen LogP contribution < -0.4 is 0 Å². The van der Waals surface area contributed by atoms with Crippen LogP contribution in [0.2, 0.25) is 0 Å². The lowest BCUT2D eigenvalue weighted by atomic mass is 9.94. The van der Waals surface area contributed by atoms with E-state index >= 15 is 0 Å². The van der Waals surface area contributed by atoms with E-state index in [-0.39, 0.29) is 0 Å². The van der Waals surface area contributed by atoms with Gasteiger partial charge < -0.3 is 9.30 Å². The molecule has 1 aromatic carbocycles. The van der Waals surface area contributed by atoms with Crippen LogP contribution in [0.4, 0.5) is 0 Å². The highest BCUT2D eigenvalue weighted by Gasteiger charge is 2.21. The van der Waals surface area contributed by atoms with Crippen molar-refractivity contribution in [3.05, 3.63) is 53.6 Å². The Morgan fingerprint density at radius 1 is 1.22 bits per heavy atom. The molecule has 23 heavy (non-hydrogen) atoms. The molecule has 1 atom stereocenters. The molecule has 2 heterocycles. The highest BCUT2D eigenvalue weighted by Crippen LogP contribution is 2.21. The van der Waals surface area contributed by atoms with Gasteiger partial charge in [0, 0.05) is 46.1 Å². The lowest BCUT2D eigenvalue weighted by Gasteiger charge is -2.32. The van der Waals surface area contributed by atoms with Crippen molar-refractivity contribution in [3.8, 4) is 0 Å². The van der Waals surface area contributed by atoms with Crippen LogP contribution in [0.15, 0.2) is 36.7 Å². The molecular weight excluding hydrogens is 286 g/mol. The van der Waals surface area contributed by atoms with E-state index in [0.29, 0.717) is 6.61 Å². The Labute approximate surface area is 139 Å². The Bertz CT molecular complexity index is 605. The number of hydrogen-bond acceptors (Lipinski definition) is 3. The number of piperidine rings is 1. The maximum Gasteiger partial charge on any atom is 0.108 e. The lowest BCUT2D eigenvalue weighted by Crippen LogP contribution is -2.36.